The minimum atomic E-state index is 0.534. The third-order valence-corrected chi connectivity index (χ3v) is 3.17. The second-order valence-electron chi connectivity index (χ2n) is 3.72. The van der Waals surface area contributed by atoms with E-state index in [1.807, 2.05) is 6.26 Å². The predicted molar refractivity (Wildman–Crippen MR) is 63.5 cm³/mol. The van der Waals surface area contributed by atoms with Crippen LogP contribution in [0.2, 0.25) is 0 Å². The summed E-state index contributed by atoms with van der Waals surface area (Å²) in [6, 6.07) is 2.59. The average Bonchev–Trinajstić information content (AvgIpc) is 2.29. The fraction of sp³-hybridized carbons (Fsp3) is 0.600. The molecule has 1 N–H and O–H groups in total. The number of anilines is 1. The van der Waals surface area contributed by atoms with Crippen LogP contribution < -0.4 is 10.2 Å². The minimum Gasteiger partial charge on any atom is -0.354 e. The number of thioether (sulfide) groups is 1. The molecule has 1 fully saturated rings. The van der Waals surface area contributed by atoms with Gasteiger partial charge in [-0.3, -0.25) is 0 Å². The molecule has 2 rings (SSSR count). The molecule has 1 aromatic rings. The van der Waals surface area contributed by atoms with Crippen LogP contribution in [0.25, 0.3) is 0 Å². The summed E-state index contributed by atoms with van der Waals surface area (Å²) in [5.74, 6) is 1.04. The molecule has 1 aliphatic rings. The van der Waals surface area contributed by atoms with Gasteiger partial charge in [0.1, 0.15) is 17.2 Å². The summed E-state index contributed by atoms with van der Waals surface area (Å²) in [6.45, 7) is 5.27. The van der Waals surface area contributed by atoms with Crippen LogP contribution in [0.1, 0.15) is 6.92 Å². The van der Waals surface area contributed by atoms with Gasteiger partial charge in [0.15, 0.2) is 0 Å². The number of hydrogen-bond acceptors (Lipinski definition) is 5. The highest BCUT2D eigenvalue weighted by Gasteiger charge is 2.16. The Morgan fingerprint density at radius 1 is 1.53 bits per heavy atom. The summed E-state index contributed by atoms with van der Waals surface area (Å²) in [4.78, 5) is 10.8. The highest BCUT2D eigenvalue weighted by Crippen LogP contribution is 2.18. The second-order valence-corrected chi connectivity index (χ2v) is 4.55. The Bertz CT molecular complexity index is 331. The number of nitrogens with zero attached hydrogens (tertiary/aromatic N) is 3. The fourth-order valence-corrected chi connectivity index (χ4v) is 2.13. The summed E-state index contributed by atoms with van der Waals surface area (Å²) in [5.41, 5.74) is 0. The lowest BCUT2D eigenvalue weighted by Crippen LogP contribution is -2.49. The zero-order chi connectivity index (χ0) is 10.7. The molecule has 82 valence electrons. The van der Waals surface area contributed by atoms with Crippen molar-refractivity contribution < 1.29 is 0 Å². The van der Waals surface area contributed by atoms with Crippen molar-refractivity contribution in [3.63, 3.8) is 0 Å². The fourth-order valence-electron chi connectivity index (χ4n) is 1.75. The SMILES string of the molecule is CSc1cc(N2CCN[C@@H](C)C2)ncn1. The zero-order valence-electron chi connectivity index (χ0n) is 9.10. The van der Waals surface area contributed by atoms with E-state index in [0.717, 1.165) is 30.5 Å². The standard InChI is InChI=1S/C10H16N4S/c1-8-6-14(4-3-11-8)9-5-10(15-2)13-7-12-9/h5,7-8,11H,3-4,6H2,1-2H3/t8-/m0/s1. The van der Waals surface area contributed by atoms with Gasteiger partial charge in [0.2, 0.25) is 0 Å². The normalized spacial score (nSPS) is 21.7. The molecule has 0 aromatic carbocycles. The van der Waals surface area contributed by atoms with E-state index >= 15 is 0 Å². The first-order valence-electron chi connectivity index (χ1n) is 5.14. The van der Waals surface area contributed by atoms with E-state index in [-0.39, 0.29) is 0 Å². The number of nitrogens with one attached hydrogen (secondary N) is 1. The Labute approximate surface area is 94.5 Å². The summed E-state index contributed by atoms with van der Waals surface area (Å²) >= 11 is 1.65. The number of rotatable bonds is 2. The van der Waals surface area contributed by atoms with Crippen molar-refractivity contribution in [2.75, 3.05) is 30.8 Å². The van der Waals surface area contributed by atoms with E-state index in [0.29, 0.717) is 6.04 Å². The molecule has 1 aromatic heterocycles. The lowest BCUT2D eigenvalue weighted by molar-refractivity contribution is 0.482. The molecule has 0 aliphatic carbocycles. The van der Waals surface area contributed by atoms with E-state index in [4.69, 9.17) is 0 Å². The van der Waals surface area contributed by atoms with Gasteiger partial charge in [0.05, 0.1) is 0 Å². The van der Waals surface area contributed by atoms with Crippen LogP contribution in [0, 0.1) is 0 Å². The molecular weight excluding hydrogens is 208 g/mol. The molecule has 0 bridgehead atoms. The van der Waals surface area contributed by atoms with Crippen molar-refractivity contribution in [3.8, 4) is 0 Å². The quantitative estimate of drug-likeness (QED) is 0.599. The van der Waals surface area contributed by atoms with E-state index in [2.05, 4.69) is 33.2 Å². The molecule has 2 heterocycles. The van der Waals surface area contributed by atoms with Crippen LogP contribution in [0.4, 0.5) is 5.82 Å². The molecule has 1 saturated heterocycles. The molecule has 0 amide bonds. The van der Waals surface area contributed by atoms with Gasteiger partial charge in [0, 0.05) is 31.7 Å². The van der Waals surface area contributed by atoms with Crippen molar-refractivity contribution in [3.05, 3.63) is 12.4 Å². The maximum Gasteiger partial charge on any atom is 0.133 e. The monoisotopic (exact) mass is 224 g/mol. The molecule has 1 aliphatic heterocycles. The van der Waals surface area contributed by atoms with Gasteiger partial charge in [-0.05, 0) is 13.2 Å². The molecule has 5 heteroatoms. The first-order chi connectivity index (χ1) is 7.29. The lowest BCUT2D eigenvalue weighted by atomic mass is 10.2. The van der Waals surface area contributed by atoms with Gasteiger partial charge >= 0.3 is 0 Å². The van der Waals surface area contributed by atoms with E-state index in [1.165, 1.54) is 0 Å². The largest absolute Gasteiger partial charge is 0.354 e. The van der Waals surface area contributed by atoms with Gasteiger partial charge in [-0.1, -0.05) is 0 Å². The second kappa shape index (κ2) is 4.81. The Morgan fingerprint density at radius 3 is 3.13 bits per heavy atom. The van der Waals surface area contributed by atoms with Gasteiger partial charge in [-0.2, -0.15) is 0 Å². The summed E-state index contributed by atoms with van der Waals surface area (Å²) in [7, 11) is 0. The Morgan fingerprint density at radius 2 is 2.40 bits per heavy atom. The van der Waals surface area contributed by atoms with E-state index in [9.17, 15) is 0 Å². The minimum absolute atomic E-state index is 0.534. The molecule has 0 unspecified atom stereocenters. The molecule has 0 spiro atoms. The van der Waals surface area contributed by atoms with Crippen LogP contribution in [0.3, 0.4) is 0 Å². The average molecular weight is 224 g/mol. The maximum absolute atomic E-state index is 4.32. The van der Waals surface area contributed by atoms with Crippen LogP contribution in [0.5, 0.6) is 0 Å². The van der Waals surface area contributed by atoms with Gasteiger partial charge in [0.25, 0.3) is 0 Å². The number of hydrogen-bond donors (Lipinski definition) is 1. The number of piperazine rings is 1. The van der Waals surface area contributed by atoms with Gasteiger partial charge in [-0.15, -0.1) is 11.8 Å². The third kappa shape index (κ3) is 2.60. The van der Waals surface area contributed by atoms with Crippen LogP contribution in [-0.4, -0.2) is 41.9 Å². The first-order valence-corrected chi connectivity index (χ1v) is 6.36. The highest BCUT2D eigenvalue weighted by atomic mass is 32.2. The first kappa shape index (κ1) is 10.7. The molecule has 4 nitrogen and oxygen atoms in total. The summed E-state index contributed by atoms with van der Waals surface area (Å²) in [6.07, 6.45) is 3.68. The topological polar surface area (TPSA) is 41.0 Å². The molecule has 0 saturated carbocycles. The van der Waals surface area contributed by atoms with Crippen molar-refractivity contribution in [1.29, 1.82) is 0 Å². The van der Waals surface area contributed by atoms with Crippen molar-refractivity contribution in [1.82, 2.24) is 15.3 Å². The lowest BCUT2D eigenvalue weighted by Gasteiger charge is -2.32. The van der Waals surface area contributed by atoms with E-state index < -0.39 is 0 Å². The number of aromatic nitrogens is 2. The maximum atomic E-state index is 4.32. The molecular formula is C10H16N4S. The Hall–Kier alpha value is -0.810. The predicted octanol–water partition coefficient (Wildman–Crippen LogP) is 0.997. The summed E-state index contributed by atoms with van der Waals surface area (Å²) in [5, 5.41) is 4.45. The van der Waals surface area contributed by atoms with Crippen LogP contribution >= 0.6 is 11.8 Å². The van der Waals surface area contributed by atoms with Gasteiger partial charge < -0.3 is 10.2 Å². The van der Waals surface area contributed by atoms with Crippen molar-refractivity contribution >= 4 is 17.6 Å². The van der Waals surface area contributed by atoms with E-state index in [1.54, 1.807) is 18.1 Å². The third-order valence-electron chi connectivity index (χ3n) is 2.53. The van der Waals surface area contributed by atoms with Gasteiger partial charge in [-0.25, -0.2) is 9.97 Å². The Balaban J connectivity index is 2.13. The van der Waals surface area contributed by atoms with Crippen LogP contribution in [0.15, 0.2) is 17.4 Å². The summed E-state index contributed by atoms with van der Waals surface area (Å²) < 4.78 is 0. The van der Waals surface area contributed by atoms with Crippen molar-refractivity contribution in [2.45, 2.75) is 18.0 Å². The molecule has 0 radical (unpaired) electrons. The van der Waals surface area contributed by atoms with Crippen LogP contribution in [-0.2, 0) is 0 Å². The highest BCUT2D eigenvalue weighted by molar-refractivity contribution is 7.98. The zero-order valence-corrected chi connectivity index (χ0v) is 9.92. The molecule has 1 atom stereocenters. The van der Waals surface area contributed by atoms with Crippen molar-refractivity contribution in [2.24, 2.45) is 0 Å². The smallest absolute Gasteiger partial charge is 0.133 e. The molecule has 15 heavy (non-hydrogen) atoms. The Kier molecular flexibility index (Phi) is 3.43.